The van der Waals surface area contributed by atoms with E-state index in [2.05, 4.69) is 24.5 Å². The lowest BCUT2D eigenvalue weighted by molar-refractivity contribution is -0.137. The van der Waals surface area contributed by atoms with Gasteiger partial charge in [-0.05, 0) is 44.3 Å². The van der Waals surface area contributed by atoms with Gasteiger partial charge in [-0.25, -0.2) is 4.79 Å². The lowest BCUT2D eigenvalue weighted by Gasteiger charge is -2.23. The van der Waals surface area contributed by atoms with Gasteiger partial charge in [0.25, 0.3) is 0 Å². The quantitative estimate of drug-likeness (QED) is 0.611. The number of aliphatic carboxylic acids is 1. The minimum Gasteiger partial charge on any atom is -0.481 e. The zero-order chi connectivity index (χ0) is 15.7. The van der Waals surface area contributed by atoms with Gasteiger partial charge in [0.1, 0.15) is 0 Å². The summed E-state index contributed by atoms with van der Waals surface area (Å²) < 4.78 is 0.185. The van der Waals surface area contributed by atoms with Crippen molar-refractivity contribution in [3.63, 3.8) is 0 Å². The number of amides is 2. The molecule has 0 aromatic rings. The normalized spacial score (nSPS) is 22.8. The second kappa shape index (κ2) is 9.18. The highest BCUT2D eigenvalue weighted by molar-refractivity contribution is 8.00. The molecule has 1 saturated heterocycles. The predicted molar refractivity (Wildman–Crippen MR) is 86.8 cm³/mol. The zero-order valence-corrected chi connectivity index (χ0v) is 13.9. The summed E-state index contributed by atoms with van der Waals surface area (Å²) >= 11 is 1.93. The summed E-state index contributed by atoms with van der Waals surface area (Å²) in [6.07, 6.45) is 5.07. The molecule has 0 aliphatic carbocycles. The van der Waals surface area contributed by atoms with Crippen molar-refractivity contribution >= 4 is 23.8 Å². The summed E-state index contributed by atoms with van der Waals surface area (Å²) in [4.78, 5) is 22.3. The number of carboxylic acids is 1. The van der Waals surface area contributed by atoms with Crippen LogP contribution in [0.25, 0.3) is 0 Å². The van der Waals surface area contributed by atoms with Crippen molar-refractivity contribution in [1.82, 2.24) is 10.6 Å². The molecule has 3 N–H and O–H groups in total. The molecule has 122 valence electrons. The molecule has 2 atom stereocenters. The summed E-state index contributed by atoms with van der Waals surface area (Å²) in [5, 5.41) is 14.5. The average Bonchev–Trinajstić information content (AvgIpc) is 2.87. The highest BCUT2D eigenvalue weighted by atomic mass is 32.2. The lowest BCUT2D eigenvalue weighted by atomic mass is 9.97. The van der Waals surface area contributed by atoms with Gasteiger partial charge in [0.05, 0.1) is 0 Å². The number of carbonyl (C=O) groups is 2. The highest BCUT2D eigenvalue weighted by Crippen LogP contribution is 2.36. The smallest absolute Gasteiger partial charge is 0.314 e. The van der Waals surface area contributed by atoms with E-state index in [0.717, 1.165) is 19.3 Å². The van der Waals surface area contributed by atoms with Crippen LogP contribution in [0.15, 0.2) is 0 Å². The van der Waals surface area contributed by atoms with Gasteiger partial charge in [-0.2, -0.15) is 11.8 Å². The Morgan fingerprint density at radius 2 is 2.10 bits per heavy atom. The third-order valence-corrected chi connectivity index (χ3v) is 5.64. The van der Waals surface area contributed by atoms with Crippen LogP contribution in [0.3, 0.4) is 0 Å². The Kier molecular flexibility index (Phi) is 7.93. The summed E-state index contributed by atoms with van der Waals surface area (Å²) in [5.41, 5.74) is 0. The topological polar surface area (TPSA) is 78.4 Å². The first-order chi connectivity index (χ1) is 9.95. The van der Waals surface area contributed by atoms with Crippen molar-refractivity contribution in [3.05, 3.63) is 0 Å². The molecule has 0 bridgehead atoms. The van der Waals surface area contributed by atoms with Crippen LogP contribution >= 0.6 is 11.8 Å². The number of hydrogen-bond acceptors (Lipinski definition) is 3. The Hall–Kier alpha value is -0.910. The van der Waals surface area contributed by atoms with Gasteiger partial charge in [-0.3, -0.25) is 4.79 Å². The van der Waals surface area contributed by atoms with Crippen LogP contribution in [0.2, 0.25) is 0 Å². The fourth-order valence-corrected chi connectivity index (χ4v) is 3.82. The largest absolute Gasteiger partial charge is 0.481 e. The first-order valence-electron chi connectivity index (χ1n) is 7.82. The number of urea groups is 1. The Morgan fingerprint density at radius 1 is 1.33 bits per heavy atom. The van der Waals surface area contributed by atoms with Gasteiger partial charge in [0.15, 0.2) is 0 Å². The van der Waals surface area contributed by atoms with E-state index in [1.54, 1.807) is 0 Å². The predicted octanol–water partition coefficient (Wildman–Crippen LogP) is 2.85. The van der Waals surface area contributed by atoms with Crippen molar-refractivity contribution in [2.45, 2.75) is 57.1 Å². The molecule has 1 heterocycles. The van der Waals surface area contributed by atoms with Crippen LogP contribution in [0.4, 0.5) is 4.79 Å². The minimum absolute atomic E-state index is 0.114. The lowest BCUT2D eigenvalue weighted by Crippen LogP contribution is -2.42. The van der Waals surface area contributed by atoms with Crippen molar-refractivity contribution in [2.24, 2.45) is 5.92 Å². The summed E-state index contributed by atoms with van der Waals surface area (Å²) in [6.45, 7) is 5.57. The summed E-state index contributed by atoms with van der Waals surface area (Å²) in [6, 6.07) is -0.114. The first kappa shape index (κ1) is 18.1. The first-order valence-corrected chi connectivity index (χ1v) is 8.81. The zero-order valence-electron chi connectivity index (χ0n) is 13.1. The molecule has 0 aromatic heterocycles. The van der Waals surface area contributed by atoms with E-state index in [-0.39, 0.29) is 17.2 Å². The van der Waals surface area contributed by atoms with Gasteiger partial charge in [0, 0.05) is 24.3 Å². The minimum atomic E-state index is -0.749. The third-order valence-electron chi connectivity index (χ3n) is 4.11. The van der Waals surface area contributed by atoms with E-state index in [1.165, 1.54) is 12.2 Å². The van der Waals surface area contributed by atoms with Crippen LogP contribution in [0.5, 0.6) is 0 Å². The van der Waals surface area contributed by atoms with Crippen molar-refractivity contribution in [3.8, 4) is 0 Å². The third kappa shape index (κ3) is 7.60. The highest BCUT2D eigenvalue weighted by Gasteiger charge is 2.29. The Labute approximate surface area is 131 Å². The van der Waals surface area contributed by atoms with Gasteiger partial charge in [-0.15, -0.1) is 0 Å². The van der Waals surface area contributed by atoms with Gasteiger partial charge >= 0.3 is 12.0 Å². The monoisotopic (exact) mass is 316 g/mol. The molecule has 0 spiro atoms. The van der Waals surface area contributed by atoms with E-state index in [4.69, 9.17) is 5.11 Å². The maximum Gasteiger partial charge on any atom is 0.314 e. The number of rotatable bonds is 9. The average molecular weight is 316 g/mol. The molecule has 0 saturated carbocycles. The molecule has 2 unspecified atom stereocenters. The summed E-state index contributed by atoms with van der Waals surface area (Å²) in [7, 11) is 0. The van der Waals surface area contributed by atoms with Crippen LogP contribution in [-0.2, 0) is 4.79 Å². The second-order valence-corrected chi connectivity index (χ2v) is 7.69. The van der Waals surface area contributed by atoms with Crippen LogP contribution in [0.1, 0.15) is 52.4 Å². The molecule has 2 amide bonds. The van der Waals surface area contributed by atoms with Crippen LogP contribution < -0.4 is 10.6 Å². The molecular formula is C15H28N2O3S. The summed E-state index contributed by atoms with van der Waals surface area (Å²) in [5.74, 6) is 0.799. The maximum atomic E-state index is 11.8. The Bertz CT molecular complexity index is 344. The fraction of sp³-hybridized carbons (Fsp3) is 0.867. The van der Waals surface area contributed by atoms with Crippen LogP contribution in [0, 0.1) is 5.92 Å². The van der Waals surface area contributed by atoms with Gasteiger partial charge in [0.2, 0.25) is 0 Å². The molecule has 1 aliphatic rings. The number of carboxylic acid groups (broad SMARTS) is 1. The van der Waals surface area contributed by atoms with E-state index < -0.39 is 5.97 Å². The van der Waals surface area contributed by atoms with E-state index in [0.29, 0.717) is 25.4 Å². The maximum absolute atomic E-state index is 11.8. The SMILES string of the molecule is CCC(CCNC(=O)NCC1(C)CCCS1)CCC(=O)O. The van der Waals surface area contributed by atoms with E-state index in [1.807, 2.05) is 11.8 Å². The molecule has 21 heavy (non-hydrogen) atoms. The Morgan fingerprint density at radius 3 is 2.67 bits per heavy atom. The number of thioether (sulfide) groups is 1. The molecule has 0 aromatic carbocycles. The molecule has 0 radical (unpaired) electrons. The van der Waals surface area contributed by atoms with Crippen LogP contribution in [-0.4, -0.2) is 40.7 Å². The van der Waals surface area contributed by atoms with E-state index >= 15 is 0 Å². The number of hydrogen-bond donors (Lipinski definition) is 3. The van der Waals surface area contributed by atoms with Gasteiger partial charge in [-0.1, -0.05) is 13.3 Å². The van der Waals surface area contributed by atoms with E-state index in [9.17, 15) is 9.59 Å². The van der Waals surface area contributed by atoms with Gasteiger partial charge < -0.3 is 15.7 Å². The number of carbonyl (C=O) groups excluding carboxylic acids is 1. The molecular weight excluding hydrogens is 288 g/mol. The Balaban J connectivity index is 2.12. The van der Waals surface area contributed by atoms with Crippen molar-refractivity contribution in [1.29, 1.82) is 0 Å². The molecule has 1 aliphatic heterocycles. The molecule has 5 nitrogen and oxygen atoms in total. The second-order valence-electron chi connectivity index (χ2n) is 6.01. The number of nitrogens with one attached hydrogen (secondary N) is 2. The molecule has 1 rings (SSSR count). The standard InChI is InChI=1S/C15H28N2O3S/c1-3-12(5-6-13(18)19)7-9-16-14(20)17-11-15(2)8-4-10-21-15/h12H,3-11H2,1-2H3,(H,18,19)(H2,16,17,20). The van der Waals surface area contributed by atoms with Crippen molar-refractivity contribution < 1.29 is 14.7 Å². The molecule has 1 fully saturated rings. The fourth-order valence-electron chi connectivity index (χ4n) is 2.58. The molecule has 6 heteroatoms. The van der Waals surface area contributed by atoms with Crippen molar-refractivity contribution in [2.75, 3.05) is 18.8 Å².